The third-order valence-electron chi connectivity index (χ3n) is 5.86. The van der Waals surface area contributed by atoms with Crippen LogP contribution in [0.5, 0.6) is 0 Å². The number of aryl methyl sites for hydroxylation is 1. The largest absolute Gasteiger partial charge is 0.346 e. The van der Waals surface area contributed by atoms with Crippen molar-refractivity contribution in [3.63, 3.8) is 0 Å². The van der Waals surface area contributed by atoms with E-state index in [1.54, 1.807) is 11.3 Å². The van der Waals surface area contributed by atoms with E-state index in [4.69, 9.17) is 0 Å². The Balaban J connectivity index is 0.000000178. The molecule has 162 valence electrons. The lowest BCUT2D eigenvalue weighted by atomic mass is 9.84. The predicted octanol–water partition coefficient (Wildman–Crippen LogP) is 5.15. The van der Waals surface area contributed by atoms with Crippen molar-refractivity contribution in [1.82, 2.24) is 20.2 Å². The Labute approximate surface area is 195 Å². The molecule has 2 aromatic carbocycles. The standard InChI is InChI=1S/C15H17N3OS.C8H7NS.ClH/c19-14(15-17-11-3-1-2-4-13(11)20-15)16-12-9-18-7-5-10(12)6-8-18;1-6-9-7-4-2-3-5-8(7)10-6;/h1-4,10,12H,5-9H2,(H,16,19);2-5H,1H3;1H/t12-;;/m0../s1. The molecule has 2 aromatic heterocycles. The summed E-state index contributed by atoms with van der Waals surface area (Å²) in [6.45, 7) is 5.42. The molecule has 2 bridgehead atoms. The van der Waals surface area contributed by atoms with Gasteiger partial charge in [0.25, 0.3) is 5.91 Å². The van der Waals surface area contributed by atoms with Crippen LogP contribution in [0, 0.1) is 12.8 Å². The molecule has 1 atom stereocenters. The molecule has 8 heteroatoms. The van der Waals surface area contributed by atoms with Crippen LogP contribution in [0.3, 0.4) is 0 Å². The third-order valence-corrected chi connectivity index (χ3v) is 7.85. The number of halogens is 1. The topological polar surface area (TPSA) is 58.1 Å². The lowest BCUT2D eigenvalue weighted by Crippen LogP contribution is -2.57. The van der Waals surface area contributed by atoms with E-state index in [-0.39, 0.29) is 18.3 Å². The monoisotopic (exact) mass is 472 g/mol. The second kappa shape index (κ2) is 9.61. The Kier molecular flexibility index (Phi) is 6.86. The van der Waals surface area contributed by atoms with E-state index in [1.807, 2.05) is 49.4 Å². The van der Waals surface area contributed by atoms with Gasteiger partial charge in [-0.3, -0.25) is 4.79 Å². The van der Waals surface area contributed by atoms with Crippen LogP contribution in [0.1, 0.15) is 27.7 Å². The number of nitrogens with one attached hydrogen (secondary N) is 1. The van der Waals surface area contributed by atoms with Crippen molar-refractivity contribution in [2.75, 3.05) is 19.6 Å². The van der Waals surface area contributed by atoms with Gasteiger partial charge in [0.15, 0.2) is 5.01 Å². The van der Waals surface area contributed by atoms with E-state index in [0.717, 1.165) is 27.3 Å². The first kappa shape index (κ1) is 22.1. The molecule has 3 aliphatic heterocycles. The highest BCUT2D eigenvalue weighted by atomic mass is 35.5. The van der Waals surface area contributed by atoms with Crippen LogP contribution >= 0.6 is 35.1 Å². The smallest absolute Gasteiger partial charge is 0.280 e. The van der Waals surface area contributed by atoms with E-state index in [1.165, 1.54) is 42.0 Å². The minimum absolute atomic E-state index is 0. The van der Waals surface area contributed by atoms with Gasteiger partial charge in [0.05, 0.1) is 25.4 Å². The van der Waals surface area contributed by atoms with Gasteiger partial charge in [-0.25, -0.2) is 9.97 Å². The summed E-state index contributed by atoms with van der Waals surface area (Å²) in [6.07, 6.45) is 2.43. The molecule has 0 aliphatic carbocycles. The van der Waals surface area contributed by atoms with Gasteiger partial charge in [-0.15, -0.1) is 35.1 Å². The van der Waals surface area contributed by atoms with Gasteiger partial charge in [-0.1, -0.05) is 24.3 Å². The SMILES string of the molecule is Cc1nc2ccccc2s1.Cl.O=C(N[C@H]1CN2CCC1CC2)c1nc2ccccc2s1. The van der Waals surface area contributed by atoms with Crippen molar-refractivity contribution in [3.05, 3.63) is 58.5 Å². The first-order chi connectivity index (χ1) is 14.7. The normalized spacial score (nSPS) is 21.9. The van der Waals surface area contributed by atoms with E-state index in [0.29, 0.717) is 17.0 Å². The van der Waals surface area contributed by atoms with Crippen LogP contribution in [0.25, 0.3) is 20.4 Å². The average Bonchev–Trinajstić information content (AvgIpc) is 3.37. The number of para-hydroxylation sites is 2. The van der Waals surface area contributed by atoms with Crippen LogP contribution in [0.4, 0.5) is 0 Å². The Bertz CT molecular complexity index is 1120. The second-order valence-corrected chi connectivity index (χ2v) is 10.2. The molecule has 1 N–H and O–H groups in total. The summed E-state index contributed by atoms with van der Waals surface area (Å²) in [5.41, 5.74) is 2.03. The zero-order valence-corrected chi connectivity index (χ0v) is 19.7. The lowest BCUT2D eigenvalue weighted by Gasteiger charge is -2.44. The fraction of sp³-hybridized carbons (Fsp3) is 0.348. The molecule has 0 radical (unpaired) electrons. The maximum absolute atomic E-state index is 12.4. The van der Waals surface area contributed by atoms with Gasteiger partial charge in [-0.05, 0) is 63.0 Å². The Morgan fingerprint density at radius 3 is 2.16 bits per heavy atom. The van der Waals surface area contributed by atoms with E-state index in [9.17, 15) is 4.79 Å². The van der Waals surface area contributed by atoms with Gasteiger partial charge in [0.1, 0.15) is 0 Å². The Hall–Kier alpha value is -2.06. The number of rotatable bonds is 2. The molecule has 0 spiro atoms. The summed E-state index contributed by atoms with van der Waals surface area (Å²) < 4.78 is 2.35. The van der Waals surface area contributed by atoms with Gasteiger partial charge in [0, 0.05) is 12.6 Å². The van der Waals surface area contributed by atoms with E-state index < -0.39 is 0 Å². The van der Waals surface area contributed by atoms with Crippen LogP contribution in [-0.4, -0.2) is 46.5 Å². The Morgan fingerprint density at radius 1 is 0.968 bits per heavy atom. The van der Waals surface area contributed by atoms with E-state index >= 15 is 0 Å². The highest BCUT2D eigenvalue weighted by molar-refractivity contribution is 7.20. The maximum Gasteiger partial charge on any atom is 0.280 e. The number of hydrogen-bond acceptors (Lipinski definition) is 6. The van der Waals surface area contributed by atoms with Crippen LogP contribution in [-0.2, 0) is 0 Å². The summed E-state index contributed by atoms with van der Waals surface area (Å²) >= 11 is 3.22. The highest BCUT2D eigenvalue weighted by Gasteiger charge is 2.35. The van der Waals surface area contributed by atoms with Crippen molar-refractivity contribution in [2.24, 2.45) is 5.92 Å². The van der Waals surface area contributed by atoms with Gasteiger partial charge in [0.2, 0.25) is 0 Å². The number of thiazole rings is 2. The van der Waals surface area contributed by atoms with E-state index in [2.05, 4.69) is 26.3 Å². The summed E-state index contributed by atoms with van der Waals surface area (Å²) in [7, 11) is 0. The molecule has 31 heavy (non-hydrogen) atoms. The van der Waals surface area contributed by atoms with Crippen LogP contribution in [0.2, 0.25) is 0 Å². The van der Waals surface area contributed by atoms with Crippen LogP contribution in [0.15, 0.2) is 48.5 Å². The quantitative estimate of drug-likeness (QED) is 0.438. The number of carbonyl (C=O) groups is 1. The zero-order valence-electron chi connectivity index (χ0n) is 17.3. The Morgan fingerprint density at radius 2 is 1.58 bits per heavy atom. The average molecular weight is 473 g/mol. The zero-order chi connectivity index (χ0) is 20.5. The first-order valence-electron chi connectivity index (χ1n) is 10.4. The predicted molar refractivity (Wildman–Crippen MR) is 132 cm³/mol. The summed E-state index contributed by atoms with van der Waals surface area (Å²) in [5, 5.41) is 4.92. The summed E-state index contributed by atoms with van der Waals surface area (Å²) in [5.74, 6) is 0.642. The maximum atomic E-state index is 12.4. The molecule has 3 aliphatic rings. The molecule has 5 nitrogen and oxygen atoms in total. The number of benzene rings is 2. The van der Waals surface area contributed by atoms with Crippen molar-refractivity contribution in [2.45, 2.75) is 25.8 Å². The molecule has 1 amide bonds. The number of carbonyl (C=O) groups excluding carboxylic acids is 1. The molecule has 4 aromatic rings. The minimum atomic E-state index is -0.00931. The summed E-state index contributed by atoms with van der Waals surface area (Å²) in [6, 6.07) is 16.4. The first-order valence-corrected chi connectivity index (χ1v) is 12.0. The molecule has 5 heterocycles. The number of nitrogens with zero attached hydrogens (tertiary/aromatic N) is 3. The second-order valence-electron chi connectivity index (χ2n) is 7.91. The molecular weight excluding hydrogens is 448 g/mol. The van der Waals surface area contributed by atoms with Crippen molar-refractivity contribution in [3.8, 4) is 0 Å². The fourth-order valence-corrected chi connectivity index (χ4v) is 6.01. The molecule has 3 fully saturated rings. The third kappa shape index (κ3) is 4.90. The molecule has 7 rings (SSSR count). The molecule has 0 saturated carbocycles. The van der Waals surface area contributed by atoms with Crippen molar-refractivity contribution in [1.29, 1.82) is 0 Å². The number of piperidine rings is 3. The number of hydrogen-bond donors (Lipinski definition) is 1. The fourth-order valence-electron chi connectivity index (χ4n) is 4.32. The van der Waals surface area contributed by atoms with Crippen molar-refractivity contribution >= 4 is 61.4 Å². The number of fused-ring (bicyclic) bond motifs is 5. The lowest BCUT2D eigenvalue weighted by molar-refractivity contribution is 0.0620. The van der Waals surface area contributed by atoms with Gasteiger partial charge >= 0.3 is 0 Å². The molecule has 3 saturated heterocycles. The van der Waals surface area contributed by atoms with Crippen LogP contribution < -0.4 is 5.32 Å². The highest BCUT2D eigenvalue weighted by Crippen LogP contribution is 2.28. The molecular formula is C23H25ClN4OS2. The van der Waals surface area contributed by atoms with Crippen molar-refractivity contribution < 1.29 is 4.79 Å². The minimum Gasteiger partial charge on any atom is -0.346 e. The number of amides is 1. The van der Waals surface area contributed by atoms with Gasteiger partial charge in [-0.2, -0.15) is 0 Å². The summed E-state index contributed by atoms with van der Waals surface area (Å²) in [4.78, 5) is 23.6. The van der Waals surface area contributed by atoms with Gasteiger partial charge < -0.3 is 10.2 Å². The number of aromatic nitrogens is 2. The molecule has 0 unspecified atom stereocenters.